The average Bonchev–Trinajstić information content (AvgIpc) is 2.83. The molecule has 0 aliphatic carbocycles. The number of carbonyl (C=O) groups is 2. The number of carbonyl (C=O) groups excluding carboxylic acids is 2. The minimum atomic E-state index is -0.183. The van der Waals surface area contributed by atoms with E-state index in [0.29, 0.717) is 55.7 Å². The summed E-state index contributed by atoms with van der Waals surface area (Å²) in [6, 6.07) is 17.4. The lowest BCUT2D eigenvalue weighted by Crippen LogP contribution is -2.50. The third kappa shape index (κ3) is 5.41. The minimum absolute atomic E-state index is 0.0250. The van der Waals surface area contributed by atoms with Crippen molar-refractivity contribution in [2.45, 2.75) is 32.1 Å². The fraction of sp³-hybridized carbons (Fsp3) is 0.360. The summed E-state index contributed by atoms with van der Waals surface area (Å²) in [7, 11) is 0. The molecule has 0 spiro atoms. The van der Waals surface area contributed by atoms with Crippen molar-refractivity contribution in [2.75, 3.05) is 26.2 Å². The third-order valence-corrected chi connectivity index (χ3v) is 5.92. The molecule has 2 amide bonds. The van der Waals surface area contributed by atoms with Gasteiger partial charge < -0.3 is 14.8 Å². The number of hydrogen-bond donors (Lipinski definition) is 1. The number of fused-ring (bicyclic) bond motifs is 1. The lowest BCUT2D eigenvalue weighted by atomic mass is 10.1. The van der Waals surface area contributed by atoms with Gasteiger partial charge in [-0.05, 0) is 30.5 Å². The zero-order chi connectivity index (χ0) is 22.3. The van der Waals surface area contributed by atoms with E-state index in [1.54, 1.807) is 23.1 Å². The lowest BCUT2D eigenvalue weighted by molar-refractivity contribution is -0.139. The quantitative estimate of drug-likeness (QED) is 0.622. The van der Waals surface area contributed by atoms with E-state index in [1.807, 2.05) is 29.2 Å². The highest BCUT2D eigenvalue weighted by molar-refractivity contribution is 5.79. The van der Waals surface area contributed by atoms with Gasteiger partial charge in [0, 0.05) is 45.4 Å². The van der Waals surface area contributed by atoms with E-state index in [0.717, 1.165) is 12.8 Å². The normalized spacial score (nSPS) is 14.0. The van der Waals surface area contributed by atoms with Gasteiger partial charge in [-0.25, -0.2) is 4.98 Å². The Morgan fingerprint density at radius 3 is 2.16 bits per heavy atom. The molecular weight excluding hydrogens is 404 g/mol. The Morgan fingerprint density at radius 2 is 1.44 bits per heavy atom. The van der Waals surface area contributed by atoms with Crippen LogP contribution in [0.1, 0.15) is 30.7 Å². The molecule has 4 rings (SSSR count). The molecule has 3 aromatic rings. The molecule has 0 bridgehead atoms. The van der Waals surface area contributed by atoms with E-state index >= 15 is 0 Å². The van der Waals surface area contributed by atoms with Crippen molar-refractivity contribution >= 4 is 22.7 Å². The minimum Gasteiger partial charge on any atom is -0.339 e. The van der Waals surface area contributed by atoms with Crippen LogP contribution in [0.4, 0.5) is 0 Å². The Hall–Kier alpha value is -3.48. The van der Waals surface area contributed by atoms with Crippen molar-refractivity contribution in [2.24, 2.45) is 0 Å². The van der Waals surface area contributed by atoms with Crippen molar-refractivity contribution in [1.29, 1.82) is 0 Å². The molecule has 0 radical (unpaired) electrons. The van der Waals surface area contributed by atoms with E-state index in [2.05, 4.69) is 22.1 Å². The zero-order valence-electron chi connectivity index (χ0n) is 18.1. The van der Waals surface area contributed by atoms with Crippen LogP contribution < -0.4 is 5.56 Å². The van der Waals surface area contributed by atoms with Gasteiger partial charge >= 0.3 is 0 Å². The van der Waals surface area contributed by atoms with Crippen LogP contribution in [0.25, 0.3) is 10.9 Å². The highest BCUT2D eigenvalue weighted by atomic mass is 16.2. The van der Waals surface area contributed by atoms with E-state index in [-0.39, 0.29) is 23.8 Å². The summed E-state index contributed by atoms with van der Waals surface area (Å²) in [5.74, 6) is 0.706. The molecule has 1 N–H and O–H groups in total. The fourth-order valence-electron chi connectivity index (χ4n) is 4.09. The number of hydrogen-bond acceptors (Lipinski definition) is 4. The van der Waals surface area contributed by atoms with Crippen LogP contribution in [0.5, 0.6) is 0 Å². The van der Waals surface area contributed by atoms with Crippen molar-refractivity contribution < 1.29 is 9.59 Å². The second-order valence-corrected chi connectivity index (χ2v) is 8.13. The second-order valence-electron chi connectivity index (χ2n) is 8.13. The van der Waals surface area contributed by atoms with Gasteiger partial charge in [-0.2, -0.15) is 0 Å². The van der Waals surface area contributed by atoms with Crippen LogP contribution in [-0.4, -0.2) is 57.8 Å². The number of rotatable bonds is 7. The van der Waals surface area contributed by atoms with Crippen LogP contribution in [0.3, 0.4) is 0 Å². The molecule has 1 saturated heterocycles. The van der Waals surface area contributed by atoms with Crippen LogP contribution in [-0.2, 0) is 22.4 Å². The first-order valence-electron chi connectivity index (χ1n) is 11.2. The van der Waals surface area contributed by atoms with Crippen molar-refractivity contribution in [3.8, 4) is 0 Å². The Balaban J connectivity index is 1.21. The number of nitrogens with zero attached hydrogens (tertiary/aromatic N) is 3. The number of aryl methyl sites for hydroxylation is 2. The molecule has 1 aromatic heterocycles. The molecule has 1 aliphatic heterocycles. The SMILES string of the molecule is O=C(CCCc1ccccc1)N1CCN(C(=O)CCc2nc3ccccc3c(=O)[nH]2)CC1. The molecular formula is C25H28N4O3. The Bertz CT molecular complexity index is 1130. The summed E-state index contributed by atoms with van der Waals surface area (Å²) < 4.78 is 0. The molecule has 7 heteroatoms. The summed E-state index contributed by atoms with van der Waals surface area (Å²) in [5, 5.41) is 0.548. The maximum Gasteiger partial charge on any atom is 0.258 e. The van der Waals surface area contributed by atoms with Crippen LogP contribution in [0.2, 0.25) is 0 Å². The molecule has 1 aliphatic rings. The monoisotopic (exact) mass is 432 g/mol. The van der Waals surface area contributed by atoms with Gasteiger partial charge in [-0.15, -0.1) is 0 Å². The number of aromatic amines is 1. The predicted molar refractivity (Wildman–Crippen MR) is 123 cm³/mol. The first-order valence-corrected chi connectivity index (χ1v) is 11.2. The van der Waals surface area contributed by atoms with E-state index < -0.39 is 0 Å². The standard InChI is InChI=1S/C25H28N4O3/c30-23(12-6-9-19-7-2-1-3-8-19)28-15-17-29(18-16-28)24(31)14-13-22-26-21-11-5-4-10-20(21)25(32)27-22/h1-5,7-8,10-11H,6,9,12-18H2,(H,26,27,32). The van der Waals surface area contributed by atoms with Crippen LogP contribution in [0.15, 0.2) is 59.4 Å². The first kappa shape index (κ1) is 21.7. The molecule has 2 aromatic carbocycles. The molecule has 1 fully saturated rings. The fourth-order valence-corrected chi connectivity index (χ4v) is 4.09. The van der Waals surface area contributed by atoms with Gasteiger partial charge in [-0.1, -0.05) is 42.5 Å². The van der Waals surface area contributed by atoms with Gasteiger partial charge in [0.2, 0.25) is 11.8 Å². The Morgan fingerprint density at radius 1 is 0.812 bits per heavy atom. The molecule has 2 heterocycles. The van der Waals surface area contributed by atoms with Crippen LogP contribution >= 0.6 is 0 Å². The van der Waals surface area contributed by atoms with Crippen molar-refractivity contribution in [3.05, 3.63) is 76.3 Å². The highest BCUT2D eigenvalue weighted by Crippen LogP contribution is 2.11. The molecule has 0 saturated carbocycles. The van der Waals surface area contributed by atoms with Gasteiger partial charge in [0.1, 0.15) is 5.82 Å². The molecule has 7 nitrogen and oxygen atoms in total. The smallest absolute Gasteiger partial charge is 0.258 e. The third-order valence-electron chi connectivity index (χ3n) is 5.92. The van der Waals surface area contributed by atoms with Crippen molar-refractivity contribution in [3.63, 3.8) is 0 Å². The number of H-pyrrole nitrogens is 1. The number of nitrogens with one attached hydrogen (secondary N) is 1. The summed E-state index contributed by atoms with van der Waals surface area (Å²) in [6.45, 7) is 2.23. The van der Waals surface area contributed by atoms with Crippen molar-refractivity contribution in [1.82, 2.24) is 19.8 Å². The molecule has 32 heavy (non-hydrogen) atoms. The highest BCUT2D eigenvalue weighted by Gasteiger charge is 2.23. The zero-order valence-corrected chi connectivity index (χ0v) is 18.1. The van der Waals surface area contributed by atoms with E-state index in [4.69, 9.17) is 0 Å². The number of amides is 2. The topological polar surface area (TPSA) is 86.4 Å². The first-order chi connectivity index (χ1) is 15.6. The largest absolute Gasteiger partial charge is 0.339 e. The summed E-state index contributed by atoms with van der Waals surface area (Å²) in [5.41, 5.74) is 1.70. The van der Waals surface area contributed by atoms with Gasteiger partial charge in [0.15, 0.2) is 0 Å². The summed E-state index contributed by atoms with van der Waals surface area (Å²) >= 11 is 0. The van der Waals surface area contributed by atoms with Crippen LogP contribution in [0, 0.1) is 0 Å². The average molecular weight is 433 g/mol. The van der Waals surface area contributed by atoms with E-state index in [1.165, 1.54) is 5.56 Å². The number of para-hydroxylation sites is 1. The lowest BCUT2D eigenvalue weighted by Gasteiger charge is -2.35. The van der Waals surface area contributed by atoms with Gasteiger partial charge in [-0.3, -0.25) is 14.4 Å². The number of piperazine rings is 1. The molecule has 0 unspecified atom stereocenters. The number of benzene rings is 2. The molecule has 166 valence electrons. The summed E-state index contributed by atoms with van der Waals surface area (Å²) in [6.07, 6.45) is 2.93. The number of aromatic nitrogens is 2. The maximum atomic E-state index is 12.6. The Kier molecular flexibility index (Phi) is 6.94. The summed E-state index contributed by atoms with van der Waals surface area (Å²) in [4.78, 5) is 48.2. The van der Waals surface area contributed by atoms with E-state index in [9.17, 15) is 14.4 Å². The Labute approximate surface area is 187 Å². The molecule has 0 atom stereocenters. The predicted octanol–water partition coefficient (Wildman–Crippen LogP) is 2.55. The van der Waals surface area contributed by atoms with Gasteiger partial charge in [0.05, 0.1) is 10.9 Å². The maximum absolute atomic E-state index is 12.6. The second kappa shape index (κ2) is 10.2. The van der Waals surface area contributed by atoms with Gasteiger partial charge in [0.25, 0.3) is 5.56 Å².